The minimum Gasteiger partial charge on any atom is -0.457 e. The summed E-state index contributed by atoms with van der Waals surface area (Å²) < 4.78 is 5.93. The minimum absolute atomic E-state index is 0.0375. The van der Waals surface area contributed by atoms with E-state index in [1.54, 1.807) is 17.2 Å². The van der Waals surface area contributed by atoms with Gasteiger partial charge in [0.15, 0.2) is 18.3 Å². The van der Waals surface area contributed by atoms with Gasteiger partial charge >= 0.3 is 0 Å². The molecule has 1 unspecified atom stereocenters. The number of likely N-dealkylation sites (N-methyl/N-ethyl adjacent to an activating group) is 1. The van der Waals surface area contributed by atoms with Gasteiger partial charge in [0.25, 0.3) is 0 Å². The van der Waals surface area contributed by atoms with Crippen molar-refractivity contribution in [2.45, 2.75) is 18.6 Å². The van der Waals surface area contributed by atoms with Crippen molar-refractivity contribution in [3.63, 3.8) is 0 Å². The zero-order chi connectivity index (χ0) is 26.6. The molecule has 5 rings (SSSR count). The zero-order valence-corrected chi connectivity index (χ0v) is 21.5. The summed E-state index contributed by atoms with van der Waals surface area (Å²) in [7, 11) is 3.91. The van der Waals surface area contributed by atoms with E-state index >= 15 is 0 Å². The summed E-state index contributed by atoms with van der Waals surface area (Å²) >= 11 is 0. The summed E-state index contributed by atoms with van der Waals surface area (Å²) in [5.74, 6) is 2.10. The number of carbonyl (C=O) groups is 2. The van der Waals surface area contributed by atoms with Gasteiger partial charge in [0.1, 0.15) is 17.2 Å². The molecule has 196 valence electrons. The van der Waals surface area contributed by atoms with Crippen molar-refractivity contribution in [1.29, 1.82) is 0 Å². The maximum Gasteiger partial charge on any atom is 0.246 e. The third-order valence-electron chi connectivity index (χ3n) is 6.64. The third kappa shape index (κ3) is 5.16. The highest BCUT2D eigenvalue weighted by molar-refractivity contribution is 5.90. The first-order valence-corrected chi connectivity index (χ1v) is 12.5. The lowest BCUT2D eigenvalue weighted by molar-refractivity contribution is -0.125. The molecular weight excluding hydrogens is 482 g/mol. The van der Waals surface area contributed by atoms with Crippen molar-refractivity contribution in [2.24, 2.45) is 0 Å². The smallest absolute Gasteiger partial charge is 0.246 e. The first-order chi connectivity index (χ1) is 18.4. The number of fused-ring (bicyclic) bond motifs is 1. The van der Waals surface area contributed by atoms with E-state index in [9.17, 15) is 9.59 Å². The number of benzene rings is 2. The molecule has 0 spiro atoms. The summed E-state index contributed by atoms with van der Waals surface area (Å²) in [4.78, 5) is 41.7. The molecule has 10 nitrogen and oxygen atoms in total. The van der Waals surface area contributed by atoms with Crippen molar-refractivity contribution in [3.05, 3.63) is 72.9 Å². The van der Waals surface area contributed by atoms with E-state index < -0.39 is 6.17 Å². The number of hydrogen-bond donors (Lipinski definition) is 1. The number of nitrogens with two attached hydrogens (primary N) is 1. The number of aromatic nitrogens is 2. The predicted octanol–water partition coefficient (Wildman–Crippen LogP) is 3.05. The summed E-state index contributed by atoms with van der Waals surface area (Å²) in [6.45, 7) is 1.77. The second-order valence-electron chi connectivity index (χ2n) is 9.56. The summed E-state index contributed by atoms with van der Waals surface area (Å²) in [6, 6.07) is 17.0. The molecule has 1 aromatic heterocycles. The monoisotopic (exact) mass is 513 g/mol. The zero-order valence-electron chi connectivity index (χ0n) is 21.5. The molecule has 1 amide bonds. The molecule has 10 heteroatoms. The van der Waals surface area contributed by atoms with E-state index in [0.29, 0.717) is 43.3 Å². The fourth-order valence-corrected chi connectivity index (χ4v) is 4.88. The van der Waals surface area contributed by atoms with Crippen LogP contribution in [-0.2, 0) is 9.59 Å². The number of likely N-dealkylation sites (tertiary alicyclic amines) is 1. The van der Waals surface area contributed by atoms with E-state index in [2.05, 4.69) is 9.97 Å². The summed E-state index contributed by atoms with van der Waals surface area (Å²) in [5, 5.41) is 0. The molecular formula is C28H31N7O3. The quantitative estimate of drug-likeness (QED) is 0.359. The van der Waals surface area contributed by atoms with Gasteiger partial charge < -0.3 is 30.1 Å². The lowest BCUT2D eigenvalue weighted by Gasteiger charge is -2.32. The van der Waals surface area contributed by atoms with Crippen molar-refractivity contribution in [1.82, 2.24) is 19.8 Å². The van der Waals surface area contributed by atoms with Crippen LogP contribution < -0.4 is 20.3 Å². The van der Waals surface area contributed by atoms with Crippen LogP contribution in [0.3, 0.4) is 0 Å². The fraction of sp³-hybridized carbons (Fsp3) is 0.286. The molecule has 0 bridgehead atoms. The van der Waals surface area contributed by atoms with Gasteiger partial charge in [-0.1, -0.05) is 24.3 Å². The largest absolute Gasteiger partial charge is 0.457 e. The maximum absolute atomic E-state index is 12.8. The Bertz CT molecular complexity index is 1310. The van der Waals surface area contributed by atoms with Crippen LogP contribution in [-0.4, -0.2) is 77.9 Å². The van der Waals surface area contributed by atoms with Crippen LogP contribution in [0.25, 0.3) is 0 Å². The maximum atomic E-state index is 12.8. The van der Waals surface area contributed by atoms with Crippen LogP contribution in [0, 0.1) is 0 Å². The van der Waals surface area contributed by atoms with E-state index in [0.717, 1.165) is 17.7 Å². The molecule has 2 N–H and O–H groups in total. The van der Waals surface area contributed by atoms with Crippen LogP contribution in [0.2, 0.25) is 0 Å². The highest BCUT2D eigenvalue weighted by Crippen LogP contribution is 2.44. The van der Waals surface area contributed by atoms with Gasteiger partial charge in [-0.3, -0.25) is 9.59 Å². The molecule has 0 saturated carbocycles. The Morgan fingerprint density at radius 3 is 2.58 bits per heavy atom. The van der Waals surface area contributed by atoms with Gasteiger partial charge in [-0.25, -0.2) is 4.98 Å². The SMILES string of the molecule is CN(C)C/C=C/C(=O)N1CC[C@H](N2c3nc(N)ncc3N(c3ccc(Oc4ccccc4)cc3)C2C=O)C1. The normalized spacial score (nSPS) is 18.9. The molecule has 3 aromatic rings. The van der Waals surface area contributed by atoms with Crippen LogP contribution >= 0.6 is 0 Å². The Labute approximate surface area is 221 Å². The van der Waals surface area contributed by atoms with Gasteiger partial charge in [-0.2, -0.15) is 4.98 Å². The molecule has 1 fully saturated rings. The van der Waals surface area contributed by atoms with Gasteiger partial charge in [0, 0.05) is 31.4 Å². The number of hydrogen-bond acceptors (Lipinski definition) is 9. The van der Waals surface area contributed by atoms with Crippen LogP contribution in [0.15, 0.2) is 72.9 Å². The lowest BCUT2D eigenvalue weighted by Crippen LogP contribution is -2.49. The fourth-order valence-electron chi connectivity index (χ4n) is 4.88. The molecule has 2 aliphatic rings. The molecule has 0 radical (unpaired) electrons. The molecule has 38 heavy (non-hydrogen) atoms. The lowest BCUT2D eigenvalue weighted by atomic mass is 10.2. The molecule has 2 aliphatic heterocycles. The van der Waals surface area contributed by atoms with Crippen LogP contribution in [0.4, 0.5) is 23.1 Å². The average Bonchev–Trinajstić information content (AvgIpc) is 3.52. The Morgan fingerprint density at radius 2 is 1.87 bits per heavy atom. The van der Waals surface area contributed by atoms with Crippen LogP contribution in [0.5, 0.6) is 11.5 Å². The number of aldehydes is 1. The van der Waals surface area contributed by atoms with Crippen molar-refractivity contribution >= 4 is 35.3 Å². The second kappa shape index (κ2) is 10.9. The first kappa shape index (κ1) is 25.2. The summed E-state index contributed by atoms with van der Waals surface area (Å²) in [5.41, 5.74) is 7.43. The van der Waals surface area contributed by atoms with Crippen molar-refractivity contribution in [2.75, 3.05) is 49.3 Å². The highest BCUT2D eigenvalue weighted by atomic mass is 16.5. The number of anilines is 4. The van der Waals surface area contributed by atoms with Gasteiger partial charge in [-0.15, -0.1) is 0 Å². The standard InChI is InChI=1S/C28H31N7O3/c1-32(2)15-6-9-26(37)33-16-14-21(18-33)35-25(19-36)34(24-17-30-28(29)31-27(24)35)20-10-12-23(13-11-20)38-22-7-4-3-5-8-22/h3-13,17,19,21,25H,14-16,18H2,1-2H3,(H2,29,30,31)/b9-6+/t21-,25?/m0/s1. The van der Waals surface area contributed by atoms with Gasteiger partial charge in [0.05, 0.1) is 12.2 Å². The number of nitrogen functional groups attached to an aromatic ring is 1. The molecule has 1 saturated heterocycles. The Balaban J connectivity index is 1.39. The number of ether oxygens (including phenoxy) is 1. The molecule has 2 aromatic carbocycles. The highest BCUT2D eigenvalue weighted by Gasteiger charge is 2.44. The summed E-state index contributed by atoms with van der Waals surface area (Å²) in [6.07, 6.45) is 6.06. The first-order valence-electron chi connectivity index (χ1n) is 12.5. The van der Waals surface area contributed by atoms with Crippen molar-refractivity contribution < 1.29 is 14.3 Å². The molecule has 0 aliphatic carbocycles. The Hall–Kier alpha value is -4.44. The van der Waals surface area contributed by atoms with Gasteiger partial charge in [0.2, 0.25) is 11.9 Å². The number of rotatable bonds is 8. The molecule has 2 atom stereocenters. The van der Waals surface area contributed by atoms with E-state index in [-0.39, 0.29) is 17.9 Å². The number of carbonyl (C=O) groups excluding carboxylic acids is 2. The average molecular weight is 514 g/mol. The Morgan fingerprint density at radius 1 is 1.13 bits per heavy atom. The number of nitrogens with zero attached hydrogens (tertiary/aromatic N) is 6. The van der Waals surface area contributed by atoms with Crippen molar-refractivity contribution in [3.8, 4) is 11.5 Å². The van der Waals surface area contributed by atoms with E-state index in [1.807, 2.05) is 89.5 Å². The van der Waals surface area contributed by atoms with E-state index in [4.69, 9.17) is 10.5 Å². The second-order valence-corrected chi connectivity index (χ2v) is 9.56. The third-order valence-corrected chi connectivity index (χ3v) is 6.64. The van der Waals surface area contributed by atoms with E-state index in [1.165, 1.54) is 0 Å². The number of para-hydroxylation sites is 1. The molecule has 3 heterocycles. The predicted molar refractivity (Wildman–Crippen MR) is 147 cm³/mol. The number of amides is 1. The topological polar surface area (TPSA) is 108 Å². The Kier molecular flexibility index (Phi) is 7.23. The van der Waals surface area contributed by atoms with Crippen LogP contribution in [0.1, 0.15) is 6.42 Å². The van der Waals surface area contributed by atoms with Gasteiger partial charge in [-0.05, 0) is 56.9 Å². The minimum atomic E-state index is -0.661.